The molecule has 0 aliphatic carbocycles. The normalized spacial score (nSPS) is 10.8. The lowest BCUT2D eigenvalue weighted by atomic mass is 10.1. The van der Waals surface area contributed by atoms with Gasteiger partial charge in [0.15, 0.2) is 0 Å². The molecule has 0 amide bonds. The van der Waals surface area contributed by atoms with Crippen LogP contribution in [0.5, 0.6) is 0 Å². The lowest BCUT2D eigenvalue weighted by molar-refractivity contribution is -0.385. The number of aryl methyl sites for hydroxylation is 2. The highest BCUT2D eigenvalue weighted by molar-refractivity contribution is 5.44. The summed E-state index contributed by atoms with van der Waals surface area (Å²) in [6.45, 7) is 6.56. The first-order valence-corrected chi connectivity index (χ1v) is 6.35. The monoisotopic (exact) mass is 275 g/mol. The van der Waals surface area contributed by atoms with Gasteiger partial charge in [0.25, 0.3) is 5.69 Å². The number of rotatable bonds is 5. The molecule has 2 aromatic rings. The number of nitrogens with one attached hydrogen (secondary N) is 1. The van der Waals surface area contributed by atoms with Crippen LogP contribution in [0.15, 0.2) is 22.6 Å². The van der Waals surface area contributed by atoms with Crippen LogP contribution < -0.4 is 5.32 Å². The van der Waals surface area contributed by atoms with E-state index >= 15 is 0 Å². The van der Waals surface area contributed by atoms with Crippen molar-refractivity contribution in [2.24, 2.45) is 0 Å². The van der Waals surface area contributed by atoms with Crippen LogP contribution in [0, 0.1) is 30.9 Å². The Morgan fingerprint density at radius 1 is 1.30 bits per heavy atom. The second-order valence-electron chi connectivity index (χ2n) is 4.67. The summed E-state index contributed by atoms with van der Waals surface area (Å²) in [6, 6.07) is 5.09. The van der Waals surface area contributed by atoms with Crippen LogP contribution >= 0.6 is 0 Å². The minimum absolute atomic E-state index is 0.145. The Labute approximate surface area is 117 Å². The van der Waals surface area contributed by atoms with Gasteiger partial charge in [0.2, 0.25) is 5.89 Å². The van der Waals surface area contributed by atoms with Crippen LogP contribution in [0.1, 0.15) is 28.5 Å². The summed E-state index contributed by atoms with van der Waals surface area (Å²) >= 11 is 0. The molecule has 0 unspecified atom stereocenters. The van der Waals surface area contributed by atoms with Gasteiger partial charge in [0.05, 0.1) is 17.2 Å². The van der Waals surface area contributed by atoms with E-state index < -0.39 is 0 Å². The number of oxazole rings is 1. The fourth-order valence-corrected chi connectivity index (χ4v) is 1.98. The Balaban J connectivity index is 2.01. The Bertz CT molecular complexity index is 615. The van der Waals surface area contributed by atoms with E-state index in [1.165, 1.54) is 6.07 Å². The molecule has 0 saturated heterocycles. The molecule has 6 heteroatoms. The summed E-state index contributed by atoms with van der Waals surface area (Å²) in [4.78, 5) is 14.8. The molecule has 6 nitrogen and oxygen atoms in total. The maximum Gasteiger partial charge on any atom is 0.272 e. The Morgan fingerprint density at radius 3 is 2.65 bits per heavy atom. The van der Waals surface area contributed by atoms with Crippen LogP contribution in [-0.4, -0.2) is 9.91 Å². The smallest absolute Gasteiger partial charge is 0.272 e. The Morgan fingerprint density at radius 2 is 2.05 bits per heavy atom. The molecule has 1 aromatic heterocycles. The van der Waals surface area contributed by atoms with Gasteiger partial charge in [-0.15, -0.1) is 0 Å². The number of hydrogen-bond donors (Lipinski definition) is 1. The van der Waals surface area contributed by atoms with E-state index in [2.05, 4.69) is 10.3 Å². The minimum atomic E-state index is -0.361. The van der Waals surface area contributed by atoms with Gasteiger partial charge in [-0.05, 0) is 26.3 Å². The second-order valence-corrected chi connectivity index (χ2v) is 4.67. The lowest BCUT2D eigenvalue weighted by Gasteiger charge is -2.06. The first-order valence-electron chi connectivity index (χ1n) is 6.35. The summed E-state index contributed by atoms with van der Waals surface area (Å²) in [6.07, 6.45) is 0. The Kier molecular flexibility index (Phi) is 4.14. The second kappa shape index (κ2) is 5.83. The van der Waals surface area contributed by atoms with E-state index in [0.29, 0.717) is 24.5 Å². The SMILES string of the molecule is Cc1nc(CNCc2cccc([N+](=O)[O-])c2C)oc1C. The van der Waals surface area contributed by atoms with Gasteiger partial charge in [-0.2, -0.15) is 0 Å². The highest BCUT2D eigenvalue weighted by atomic mass is 16.6. The molecular formula is C14H17N3O3. The molecule has 1 N–H and O–H groups in total. The zero-order valence-electron chi connectivity index (χ0n) is 11.8. The lowest BCUT2D eigenvalue weighted by Crippen LogP contribution is -2.14. The standard InChI is InChI=1S/C14H17N3O3/c1-9-12(5-4-6-13(9)17(18)19)7-15-8-14-16-10(2)11(3)20-14/h4-6,15H,7-8H2,1-3H3. The van der Waals surface area contributed by atoms with Gasteiger partial charge >= 0.3 is 0 Å². The van der Waals surface area contributed by atoms with Crippen molar-refractivity contribution < 1.29 is 9.34 Å². The van der Waals surface area contributed by atoms with Gasteiger partial charge < -0.3 is 9.73 Å². The summed E-state index contributed by atoms with van der Waals surface area (Å²) in [5.74, 6) is 1.44. The molecule has 2 rings (SSSR count). The third kappa shape index (κ3) is 3.03. The third-order valence-electron chi connectivity index (χ3n) is 3.28. The average molecular weight is 275 g/mol. The molecule has 0 spiro atoms. The molecule has 0 saturated carbocycles. The summed E-state index contributed by atoms with van der Waals surface area (Å²) in [5, 5.41) is 14.1. The number of benzene rings is 1. The molecule has 0 aliphatic rings. The molecule has 0 atom stereocenters. The topological polar surface area (TPSA) is 81.2 Å². The highest BCUT2D eigenvalue weighted by Crippen LogP contribution is 2.20. The molecule has 0 radical (unpaired) electrons. The van der Waals surface area contributed by atoms with Crippen LogP contribution in [0.3, 0.4) is 0 Å². The third-order valence-corrected chi connectivity index (χ3v) is 3.28. The van der Waals surface area contributed by atoms with Crippen molar-refractivity contribution in [3.05, 3.63) is 56.8 Å². The highest BCUT2D eigenvalue weighted by Gasteiger charge is 2.13. The van der Waals surface area contributed by atoms with Crippen molar-refractivity contribution in [3.8, 4) is 0 Å². The molecule has 1 heterocycles. The summed E-state index contributed by atoms with van der Waals surface area (Å²) in [5.41, 5.74) is 2.62. The quantitative estimate of drug-likeness (QED) is 0.670. The zero-order valence-corrected chi connectivity index (χ0v) is 11.8. The van der Waals surface area contributed by atoms with Crippen molar-refractivity contribution in [1.82, 2.24) is 10.3 Å². The number of nitro benzene ring substituents is 1. The molecule has 0 aliphatic heterocycles. The van der Waals surface area contributed by atoms with Gasteiger partial charge in [0.1, 0.15) is 5.76 Å². The van der Waals surface area contributed by atoms with E-state index in [0.717, 1.165) is 17.0 Å². The maximum absolute atomic E-state index is 10.9. The molecular weight excluding hydrogens is 258 g/mol. The van der Waals surface area contributed by atoms with Crippen LogP contribution in [-0.2, 0) is 13.1 Å². The van der Waals surface area contributed by atoms with Crippen LogP contribution in [0.25, 0.3) is 0 Å². The van der Waals surface area contributed by atoms with Gasteiger partial charge in [-0.1, -0.05) is 12.1 Å². The van der Waals surface area contributed by atoms with Crippen molar-refractivity contribution in [1.29, 1.82) is 0 Å². The summed E-state index contributed by atoms with van der Waals surface area (Å²) < 4.78 is 5.46. The molecule has 106 valence electrons. The minimum Gasteiger partial charge on any atom is -0.444 e. The van der Waals surface area contributed by atoms with Crippen molar-refractivity contribution >= 4 is 5.69 Å². The van der Waals surface area contributed by atoms with Crippen molar-refractivity contribution in [2.75, 3.05) is 0 Å². The number of nitro groups is 1. The fourth-order valence-electron chi connectivity index (χ4n) is 1.98. The van der Waals surface area contributed by atoms with E-state index in [9.17, 15) is 10.1 Å². The molecule has 20 heavy (non-hydrogen) atoms. The fraction of sp³-hybridized carbons (Fsp3) is 0.357. The number of aromatic nitrogens is 1. The predicted octanol–water partition coefficient (Wildman–Crippen LogP) is 2.80. The van der Waals surface area contributed by atoms with Gasteiger partial charge in [0, 0.05) is 18.2 Å². The van der Waals surface area contributed by atoms with Crippen molar-refractivity contribution in [3.63, 3.8) is 0 Å². The van der Waals surface area contributed by atoms with Crippen LogP contribution in [0.2, 0.25) is 0 Å². The maximum atomic E-state index is 10.9. The van der Waals surface area contributed by atoms with Gasteiger partial charge in [-0.3, -0.25) is 10.1 Å². The van der Waals surface area contributed by atoms with Crippen LogP contribution in [0.4, 0.5) is 5.69 Å². The number of nitrogens with zero attached hydrogens (tertiary/aromatic N) is 2. The zero-order chi connectivity index (χ0) is 14.7. The van der Waals surface area contributed by atoms with E-state index in [1.807, 2.05) is 19.9 Å². The summed E-state index contributed by atoms with van der Waals surface area (Å²) in [7, 11) is 0. The first kappa shape index (κ1) is 14.2. The molecule has 1 aromatic carbocycles. The van der Waals surface area contributed by atoms with E-state index in [4.69, 9.17) is 4.42 Å². The van der Waals surface area contributed by atoms with E-state index in [-0.39, 0.29) is 10.6 Å². The molecule has 0 bridgehead atoms. The van der Waals surface area contributed by atoms with Gasteiger partial charge in [-0.25, -0.2) is 4.98 Å². The largest absolute Gasteiger partial charge is 0.444 e. The average Bonchev–Trinajstić information content (AvgIpc) is 2.70. The first-order chi connectivity index (χ1) is 9.49. The van der Waals surface area contributed by atoms with Crippen molar-refractivity contribution in [2.45, 2.75) is 33.9 Å². The predicted molar refractivity (Wildman–Crippen MR) is 74.4 cm³/mol. The molecule has 0 fully saturated rings. The Hall–Kier alpha value is -2.21. The number of hydrogen-bond acceptors (Lipinski definition) is 5. The van der Waals surface area contributed by atoms with E-state index in [1.54, 1.807) is 13.0 Å².